The van der Waals surface area contributed by atoms with Gasteiger partial charge in [0.2, 0.25) is 0 Å². The largest absolute Gasteiger partial charge is 0.366 e. The van der Waals surface area contributed by atoms with Crippen molar-refractivity contribution in [2.24, 2.45) is 10.4 Å². The van der Waals surface area contributed by atoms with Crippen molar-refractivity contribution in [2.45, 2.75) is 65.3 Å². The highest BCUT2D eigenvalue weighted by atomic mass is 32.2. The topological polar surface area (TPSA) is 94.0 Å². The van der Waals surface area contributed by atoms with Crippen LogP contribution in [0.3, 0.4) is 0 Å². The predicted octanol–water partition coefficient (Wildman–Crippen LogP) is 3.53. The molecule has 1 heterocycles. The average Bonchev–Trinajstić information content (AvgIpc) is 2.59. The number of aliphatic hydroxyl groups is 2. The van der Waals surface area contributed by atoms with Gasteiger partial charge in [0.15, 0.2) is 6.29 Å². The Kier molecular flexibility index (Phi) is 6.13. The lowest BCUT2D eigenvalue weighted by Crippen LogP contribution is -2.40. The van der Waals surface area contributed by atoms with E-state index in [2.05, 4.69) is 29.5 Å². The number of rotatable bonds is 4. The van der Waals surface area contributed by atoms with Gasteiger partial charge in [0.05, 0.1) is 5.71 Å². The summed E-state index contributed by atoms with van der Waals surface area (Å²) in [7, 11) is 0. The van der Waals surface area contributed by atoms with Gasteiger partial charge in [0.25, 0.3) is 5.91 Å². The minimum absolute atomic E-state index is 0.0278. The van der Waals surface area contributed by atoms with Crippen LogP contribution in [0.25, 0.3) is 0 Å². The molecule has 0 saturated carbocycles. The maximum Gasteiger partial charge on any atom is 0.251 e. The number of nitrogens with one attached hydrogen (secondary N) is 2. The molecule has 1 aromatic rings. The Morgan fingerprint density at radius 2 is 1.86 bits per heavy atom. The van der Waals surface area contributed by atoms with Gasteiger partial charge in [-0.15, -0.1) is 11.8 Å². The maximum absolute atomic E-state index is 12.3. The molecule has 1 unspecified atom stereocenters. The van der Waals surface area contributed by atoms with Gasteiger partial charge < -0.3 is 20.8 Å². The number of anilines is 1. The molecule has 3 rings (SSSR count). The molecule has 0 spiro atoms. The van der Waals surface area contributed by atoms with Crippen LogP contribution in [0.5, 0.6) is 0 Å². The molecular weight excluding hydrogens is 386 g/mol. The van der Waals surface area contributed by atoms with E-state index in [4.69, 9.17) is 0 Å². The van der Waals surface area contributed by atoms with Gasteiger partial charge in [-0.1, -0.05) is 13.8 Å². The van der Waals surface area contributed by atoms with Crippen molar-refractivity contribution in [3.63, 3.8) is 0 Å². The zero-order valence-electron chi connectivity index (χ0n) is 17.7. The molecule has 7 heteroatoms. The third-order valence-corrected chi connectivity index (χ3v) is 6.11. The molecule has 1 aliphatic heterocycles. The fraction of sp³-hybridized carbons (Fsp3) is 0.545. The van der Waals surface area contributed by atoms with Crippen LogP contribution in [0.15, 0.2) is 39.9 Å². The number of carbonyl (C=O) groups is 1. The second-order valence-electron chi connectivity index (χ2n) is 9.60. The molecule has 4 N–H and O–H groups in total. The van der Waals surface area contributed by atoms with E-state index < -0.39 is 12.3 Å². The van der Waals surface area contributed by atoms with Crippen molar-refractivity contribution in [2.75, 3.05) is 11.1 Å². The first-order valence-electron chi connectivity index (χ1n) is 9.92. The van der Waals surface area contributed by atoms with Gasteiger partial charge >= 0.3 is 0 Å². The van der Waals surface area contributed by atoms with Crippen molar-refractivity contribution in [1.82, 2.24) is 5.32 Å². The number of benzene rings is 1. The zero-order chi connectivity index (χ0) is 21.4. The summed E-state index contributed by atoms with van der Waals surface area (Å²) < 4.78 is 0. The SMILES string of the molecule is CC1(C)CC2=NC(C(O)O)CSC2=C(Nc2ccc(C(=O)NC(C)(C)C)cc2)C1. The van der Waals surface area contributed by atoms with Gasteiger partial charge in [-0.25, -0.2) is 0 Å². The first-order chi connectivity index (χ1) is 13.4. The number of hydrogen-bond acceptors (Lipinski definition) is 6. The molecule has 0 bridgehead atoms. The highest BCUT2D eigenvalue weighted by Crippen LogP contribution is 2.43. The molecule has 1 aliphatic carbocycles. The van der Waals surface area contributed by atoms with Crippen molar-refractivity contribution in [3.05, 3.63) is 40.4 Å². The standard InChI is InChI=1S/C22H31N3O3S/c1-21(2,3)25-19(26)13-6-8-14(9-7-13)23-15-10-22(4,5)11-16-18(15)29-12-17(24-16)20(27)28/h6-9,17,20,23,27-28H,10-12H2,1-5H3,(H,25,26). The minimum atomic E-state index is -1.43. The Hall–Kier alpha value is -1.83. The number of allylic oxidation sites excluding steroid dienone is 2. The van der Waals surface area contributed by atoms with E-state index in [0.29, 0.717) is 11.3 Å². The Morgan fingerprint density at radius 1 is 1.21 bits per heavy atom. The summed E-state index contributed by atoms with van der Waals surface area (Å²) in [6, 6.07) is 7.00. The summed E-state index contributed by atoms with van der Waals surface area (Å²) in [6.45, 7) is 10.3. The van der Waals surface area contributed by atoms with Crippen molar-refractivity contribution >= 4 is 29.1 Å². The van der Waals surface area contributed by atoms with Crippen molar-refractivity contribution in [3.8, 4) is 0 Å². The number of nitrogens with zero attached hydrogens (tertiary/aromatic N) is 1. The third kappa shape index (κ3) is 5.62. The van der Waals surface area contributed by atoms with E-state index in [1.54, 1.807) is 11.8 Å². The smallest absolute Gasteiger partial charge is 0.251 e. The minimum Gasteiger partial charge on any atom is -0.366 e. The fourth-order valence-electron chi connectivity index (χ4n) is 3.56. The van der Waals surface area contributed by atoms with Gasteiger partial charge in [0, 0.05) is 33.1 Å². The molecule has 0 radical (unpaired) electrons. The van der Waals surface area contributed by atoms with Crippen LogP contribution in [-0.2, 0) is 0 Å². The molecule has 0 aromatic heterocycles. The molecule has 1 aromatic carbocycles. The predicted molar refractivity (Wildman–Crippen MR) is 119 cm³/mol. The van der Waals surface area contributed by atoms with Gasteiger partial charge in [0.1, 0.15) is 6.04 Å². The van der Waals surface area contributed by atoms with Crippen LogP contribution >= 0.6 is 11.8 Å². The third-order valence-electron chi connectivity index (χ3n) is 4.83. The number of aliphatic imine (C=N–C) groups is 1. The molecule has 158 valence electrons. The van der Waals surface area contributed by atoms with Gasteiger partial charge in [-0.3, -0.25) is 9.79 Å². The fourth-order valence-corrected chi connectivity index (χ4v) is 4.73. The Balaban J connectivity index is 1.81. The second kappa shape index (κ2) is 8.13. The quantitative estimate of drug-likeness (QED) is 0.563. The monoisotopic (exact) mass is 417 g/mol. The van der Waals surface area contributed by atoms with Crippen LogP contribution < -0.4 is 10.6 Å². The lowest BCUT2D eigenvalue weighted by atomic mass is 9.78. The summed E-state index contributed by atoms with van der Waals surface area (Å²) in [5.41, 5.74) is 3.34. The number of thioether (sulfide) groups is 1. The van der Waals surface area contributed by atoms with E-state index in [-0.39, 0.29) is 16.9 Å². The lowest BCUT2D eigenvalue weighted by Gasteiger charge is -2.37. The number of carbonyl (C=O) groups excluding carboxylic acids is 1. The summed E-state index contributed by atoms with van der Waals surface area (Å²) in [6.07, 6.45) is 0.271. The van der Waals surface area contributed by atoms with E-state index >= 15 is 0 Å². The molecule has 1 atom stereocenters. The summed E-state index contributed by atoms with van der Waals surface area (Å²) in [5.74, 6) is 0.462. The molecule has 1 amide bonds. The normalized spacial score (nSPS) is 21.5. The average molecular weight is 418 g/mol. The van der Waals surface area contributed by atoms with E-state index in [1.807, 2.05) is 45.0 Å². The Labute approximate surface area is 176 Å². The molecule has 2 aliphatic rings. The van der Waals surface area contributed by atoms with E-state index in [0.717, 1.165) is 34.8 Å². The summed E-state index contributed by atoms with van der Waals surface area (Å²) >= 11 is 1.63. The number of fused-ring (bicyclic) bond motifs is 1. The summed E-state index contributed by atoms with van der Waals surface area (Å²) in [4.78, 5) is 18.0. The first-order valence-corrected chi connectivity index (χ1v) is 10.9. The highest BCUT2D eigenvalue weighted by Gasteiger charge is 2.35. The van der Waals surface area contributed by atoms with E-state index in [1.165, 1.54) is 0 Å². The van der Waals surface area contributed by atoms with Crippen LogP contribution in [0.4, 0.5) is 5.69 Å². The molecule has 0 fully saturated rings. The summed E-state index contributed by atoms with van der Waals surface area (Å²) in [5, 5.41) is 25.5. The zero-order valence-corrected chi connectivity index (χ0v) is 18.6. The number of amides is 1. The number of hydrogen-bond donors (Lipinski definition) is 4. The van der Waals surface area contributed by atoms with Crippen LogP contribution in [-0.4, -0.2) is 45.5 Å². The Bertz CT molecular complexity index is 836. The number of aliphatic hydroxyl groups excluding tert-OH is 1. The maximum atomic E-state index is 12.3. The van der Waals surface area contributed by atoms with Gasteiger partial charge in [-0.2, -0.15) is 0 Å². The Morgan fingerprint density at radius 3 is 2.45 bits per heavy atom. The molecule has 6 nitrogen and oxygen atoms in total. The highest BCUT2D eigenvalue weighted by molar-refractivity contribution is 8.04. The van der Waals surface area contributed by atoms with Crippen LogP contribution in [0.2, 0.25) is 0 Å². The lowest BCUT2D eigenvalue weighted by molar-refractivity contribution is -0.0523. The second-order valence-corrected chi connectivity index (χ2v) is 10.6. The van der Waals surface area contributed by atoms with Crippen LogP contribution in [0, 0.1) is 5.41 Å². The van der Waals surface area contributed by atoms with Crippen molar-refractivity contribution < 1.29 is 15.0 Å². The van der Waals surface area contributed by atoms with Gasteiger partial charge in [-0.05, 0) is 63.3 Å². The molecule has 0 saturated heterocycles. The van der Waals surface area contributed by atoms with E-state index in [9.17, 15) is 15.0 Å². The molecular formula is C22H31N3O3S. The molecule has 29 heavy (non-hydrogen) atoms. The van der Waals surface area contributed by atoms with Crippen molar-refractivity contribution in [1.29, 1.82) is 0 Å². The van der Waals surface area contributed by atoms with Crippen LogP contribution in [0.1, 0.15) is 57.8 Å². The first kappa shape index (κ1) is 21.9.